The number of rotatable bonds is 14. The van der Waals surface area contributed by atoms with E-state index in [4.69, 9.17) is 9.15 Å². The molecular weight excluding hydrogens is 735 g/mol. The lowest BCUT2D eigenvalue weighted by molar-refractivity contribution is -0.120. The number of anilines is 1. The number of fused-ring (bicyclic) bond motifs is 2. The van der Waals surface area contributed by atoms with Gasteiger partial charge in [-0.05, 0) is 93.3 Å². The first-order valence-electron chi connectivity index (χ1n) is 16.4. The van der Waals surface area contributed by atoms with Crippen molar-refractivity contribution >= 4 is 67.9 Å². The molecule has 2 amide bonds. The molecule has 10 nitrogen and oxygen atoms in total. The summed E-state index contributed by atoms with van der Waals surface area (Å²) in [7, 11) is 1.58. The van der Waals surface area contributed by atoms with Crippen molar-refractivity contribution in [3.05, 3.63) is 105 Å². The van der Waals surface area contributed by atoms with E-state index in [1.807, 2.05) is 67.6 Å². The first-order valence-corrected chi connectivity index (χ1v) is 18.0. The number of hydrogen-bond acceptors (Lipinski definition) is 7. The molecule has 11 heteroatoms. The highest BCUT2D eigenvalue weighted by Gasteiger charge is 2.22. The number of carbonyl (C=O) groups excluding carboxylic acids is 3. The fraction of sp³-hybridized carbons (Fsp3) is 0.316. The molecule has 5 rings (SSSR count). The van der Waals surface area contributed by atoms with Gasteiger partial charge >= 0.3 is 5.63 Å². The summed E-state index contributed by atoms with van der Waals surface area (Å²) in [5, 5.41) is 7.21. The highest BCUT2D eigenvalue weighted by Crippen LogP contribution is 2.31. The van der Waals surface area contributed by atoms with E-state index in [0.29, 0.717) is 59.4 Å². The summed E-state index contributed by atoms with van der Waals surface area (Å²) in [6.45, 7) is 8.37. The fourth-order valence-corrected chi connectivity index (χ4v) is 6.49. The van der Waals surface area contributed by atoms with E-state index >= 15 is 0 Å². The molecule has 0 atom stereocenters. The Morgan fingerprint density at radius 2 is 1.63 bits per heavy atom. The summed E-state index contributed by atoms with van der Waals surface area (Å²) < 4.78 is 13.5. The summed E-state index contributed by atoms with van der Waals surface area (Å²) in [4.78, 5) is 54.3. The van der Waals surface area contributed by atoms with Crippen LogP contribution in [-0.4, -0.2) is 55.6 Å². The number of carbonyl (C=O) groups is 3. The molecule has 0 bridgehead atoms. The van der Waals surface area contributed by atoms with Crippen LogP contribution in [0.25, 0.3) is 21.9 Å². The van der Waals surface area contributed by atoms with E-state index in [1.165, 1.54) is 0 Å². The maximum absolute atomic E-state index is 13.7. The standard InChI is InChI=1S/C38H41IN4O6/c1-5-42(6-2)28-14-13-27-19-32(38(47)49-34(27)20-28)36(45)41-18-8-7-17-40-35(44)22-30-24(3)43(33-16-15-29(48-4)21-31(30)33)37(46)26-11-9-25(23-39)10-12-26/h9-16,19-21H,5-8,17-18,22-23H2,1-4H3,(H,40,44)(H,41,45). The van der Waals surface area contributed by atoms with Crippen LogP contribution in [0.4, 0.5) is 5.69 Å². The highest BCUT2D eigenvalue weighted by molar-refractivity contribution is 14.1. The third-order valence-corrected chi connectivity index (χ3v) is 9.62. The third-order valence-electron chi connectivity index (χ3n) is 8.74. The summed E-state index contributed by atoms with van der Waals surface area (Å²) in [5.41, 5.74) is 4.55. The molecule has 0 fully saturated rings. The Morgan fingerprint density at radius 3 is 2.31 bits per heavy atom. The van der Waals surface area contributed by atoms with Gasteiger partial charge in [0.1, 0.15) is 16.9 Å². The minimum Gasteiger partial charge on any atom is -0.497 e. The molecule has 2 heterocycles. The predicted molar refractivity (Wildman–Crippen MR) is 201 cm³/mol. The van der Waals surface area contributed by atoms with Crippen LogP contribution in [-0.2, 0) is 15.6 Å². The van der Waals surface area contributed by atoms with E-state index in [9.17, 15) is 19.2 Å². The van der Waals surface area contributed by atoms with Crippen molar-refractivity contribution in [3.8, 4) is 5.75 Å². The van der Waals surface area contributed by atoms with Gasteiger partial charge in [-0.15, -0.1) is 0 Å². The molecule has 5 aromatic rings. The molecule has 3 aromatic carbocycles. The van der Waals surface area contributed by atoms with E-state index in [0.717, 1.165) is 39.7 Å². The molecule has 49 heavy (non-hydrogen) atoms. The van der Waals surface area contributed by atoms with E-state index < -0.39 is 11.5 Å². The average Bonchev–Trinajstić information content (AvgIpc) is 3.38. The van der Waals surface area contributed by atoms with Crippen LogP contribution >= 0.6 is 22.6 Å². The first-order chi connectivity index (χ1) is 23.7. The average molecular weight is 777 g/mol. The number of unbranched alkanes of at least 4 members (excludes halogenated alkanes) is 1. The summed E-state index contributed by atoms with van der Waals surface area (Å²) in [5.74, 6) is -0.193. The maximum atomic E-state index is 13.7. The molecule has 0 radical (unpaired) electrons. The van der Waals surface area contributed by atoms with Crippen molar-refractivity contribution in [2.45, 2.75) is 44.5 Å². The van der Waals surface area contributed by atoms with Gasteiger partial charge in [-0.2, -0.15) is 0 Å². The number of methoxy groups -OCH3 is 1. The Morgan fingerprint density at radius 1 is 0.918 bits per heavy atom. The van der Waals surface area contributed by atoms with Crippen molar-refractivity contribution in [3.63, 3.8) is 0 Å². The summed E-state index contributed by atoms with van der Waals surface area (Å²) in [6, 6.07) is 20.3. The van der Waals surface area contributed by atoms with Gasteiger partial charge in [0.25, 0.3) is 11.8 Å². The number of ether oxygens (including phenoxy) is 1. The van der Waals surface area contributed by atoms with Crippen LogP contribution < -0.4 is 25.9 Å². The second kappa shape index (κ2) is 16.2. The Hall–Kier alpha value is -4.65. The molecule has 0 unspecified atom stereocenters. The molecule has 0 saturated carbocycles. The van der Waals surface area contributed by atoms with Crippen LogP contribution in [0.3, 0.4) is 0 Å². The molecule has 0 saturated heterocycles. The highest BCUT2D eigenvalue weighted by atomic mass is 127. The number of nitrogens with zero attached hydrogens (tertiary/aromatic N) is 2. The summed E-state index contributed by atoms with van der Waals surface area (Å²) >= 11 is 2.29. The Bertz CT molecular complexity index is 2050. The number of halogens is 1. The smallest absolute Gasteiger partial charge is 0.349 e. The molecule has 0 aliphatic heterocycles. The predicted octanol–water partition coefficient (Wildman–Crippen LogP) is 6.40. The van der Waals surface area contributed by atoms with E-state index in [2.05, 4.69) is 52.0 Å². The number of amides is 2. The minimum absolute atomic E-state index is 0.0429. The lowest BCUT2D eigenvalue weighted by Gasteiger charge is -2.21. The molecule has 2 N–H and O–H groups in total. The Balaban J connectivity index is 1.17. The van der Waals surface area contributed by atoms with Crippen LogP contribution in [0.1, 0.15) is 64.2 Å². The van der Waals surface area contributed by atoms with Gasteiger partial charge in [-0.1, -0.05) is 34.7 Å². The summed E-state index contributed by atoms with van der Waals surface area (Å²) in [6.07, 6.45) is 1.31. The second-order valence-corrected chi connectivity index (χ2v) is 12.5. The first kappa shape index (κ1) is 35.7. The third kappa shape index (κ3) is 7.98. The van der Waals surface area contributed by atoms with Crippen molar-refractivity contribution in [2.24, 2.45) is 0 Å². The number of alkyl halides is 1. The van der Waals surface area contributed by atoms with Gasteiger partial charge in [-0.25, -0.2) is 4.79 Å². The molecular formula is C38H41IN4O6. The lowest BCUT2D eigenvalue weighted by Crippen LogP contribution is -2.30. The number of benzene rings is 3. The van der Waals surface area contributed by atoms with Gasteiger partial charge in [0.15, 0.2) is 0 Å². The number of nitrogens with one attached hydrogen (secondary N) is 2. The zero-order valence-corrected chi connectivity index (χ0v) is 30.4. The van der Waals surface area contributed by atoms with Gasteiger partial charge in [0.05, 0.1) is 19.0 Å². The Kier molecular flexibility index (Phi) is 11.8. The van der Waals surface area contributed by atoms with Crippen molar-refractivity contribution < 1.29 is 23.5 Å². The van der Waals surface area contributed by atoms with Gasteiger partial charge in [0, 0.05) is 64.4 Å². The van der Waals surface area contributed by atoms with Gasteiger partial charge in [0.2, 0.25) is 5.91 Å². The number of aromatic nitrogens is 1. The number of hydrogen-bond donors (Lipinski definition) is 2. The fourth-order valence-electron chi connectivity index (χ4n) is 5.98. The van der Waals surface area contributed by atoms with E-state index in [-0.39, 0.29) is 23.8 Å². The van der Waals surface area contributed by atoms with Crippen molar-refractivity contribution in [1.82, 2.24) is 15.2 Å². The molecule has 0 aliphatic rings. The van der Waals surface area contributed by atoms with Gasteiger partial charge < -0.3 is 24.7 Å². The van der Waals surface area contributed by atoms with Crippen LogP contribution in [0.15, 0.2) is 75.9 Å². The van der Waals surface area contributed by atoms with E-state index in [1.54, 1.807) is 17.7 Å². The molecule has 256 valence electrons. The molecule has 2 aromatic heterocycles. The molecule has 0 spiro atoms. The molecule has 0 aliphatic carbocycles. The van der Waals surface area contributed by atoms with Crippen LogP contribution in [0, 0.1) is 6.92 Å². The second-order valence-electron chi connectivity index (χ2n) is 11.7. The Labute approximate surface area is 298 Å². The van der Waals surface area contributed by atoms with Crippen LogP contribution in [0.5, 0.6) is 5.75 Å². The van der Waals surface area contributed by atoms with Crippen molar-refractivity contribution in [2.75, 3.05) is 38.2 Å². The topological polar surface area (TPSA) is 123 Å². The van der Waals surface area contributed by atoms with Gasteiger partial charge in [-0.3, -0.25) is 19.0 Å². The monoisotopic (exact) mass is 776 g/mol. The van der Waals surface area contributed by atoms with Crippen molar-refractivity contribution in [1.29, 1.82) is 0 Å². The maximum Gasteiger partial charge on any atom is 0.349 e. The normalized spacial score (nSPS) is 11.1. The quantitative estimate of drug-likeness (QED) is 0.0579. The largest absolute Gasteiger partial charge is 0.497 e. The SMILES string of the molecule is CCN(CC)c1ccc2cc(C(=O)NCCCCNC(=O)Cc3c(C)n(C(=O)c4ccc(CI)cc4)c4ccc(OC)cc34)c(=O)oc2c1. The minimum atomic E-state index is -0.681. The zero-order valence-electron chi connectivity index (χ0n) is 28.2. The van der Waals surface area contributed by atoms with Crippen LogP contribution in [0.2, 0.25) is 0 Å². The zero-order chi connectivity index (χ0) is 35.1. The lowest BCUT2D eigenvalue weighted by atomic mass is 10.1.